The van der Waals surface area contributed by atoms with E-state index in [1.54, 1.807) is 30.6 Å². The summed E-state index contributed by atoms with van der Waals surface area (Å²) in [5.74, 6) is 0.0185. The average molecular weight is 514 g/mol. The Morgan fingerprint density at radius 3 is 2.70 bits per heavy atom. The maximum Gasteiger partial charge on any atom is 0.177 e. The normalized spacial score (nSPS) is 14.3. The number of pyridine rings is 2. The van der Waals surface area contributed by atoms with Crippen LogP contribution in [0.25, 0.3) is 55.2 Å². The van der Waals surface area contributed by atoms with E-state index in [9.17, 15) is 4.39 Å². The topological polar surface area (TPSA) is 86.4 Å². The number of thiophene rings is 1. The van der Waals surface area contributed by atoms with E-state index in [2.05, 4.69) is 30.0 Å². The number of halogens is 2. The van der Waals surface area contributed by atoms with Crippen LogP contribution in [-0.4, -0.2) is 48.1 Å². The molecule has 2 N–H and O–H groups in total. The van der Waals surface area contributed by atoms with Crippen LogP contribution >= 0.6 is 11.3 Å². The standard InChI is InChI=1S/C27H21F2N7S/c28-21-6-5-20(37-21)25-24-19(7-8-31-25)32-27(33-24)26-22-18(34-35-26)4-3-17(23(22)29)16-11-15(12-30-13-16)14-36-9-1-2-10-36/h3-8,11-13H,1-2,9-10,14H2,(H,32,33)(H,34,35). The average Bonchev–Trinajstić information content (AvgIpc) is 3.70. The minimum Gasteiger partial charge on any atom is -0.336 e. The summed E-state index contributed by atoms with van der Waals surface area (Å²) in [6.45, 7) is 2.98. The molecule has 1 saturated heterocycles. The largest absolute Gasteiger partial charge is 0.336 e. The van der Waals surface area contributed by atoms with Crippen LogP contribution in [0, 0.1) is 10.9 Å². The minimum absolute atomic E-state index is 0.295. The van der Waals surface area contributed by atoms with E-state index < -0.39 is 0 Å². The molecular formula is C27H21F2N7S. The SMILES string of the molecule is Fc1ccc(-c2nccc3[nH]c(-c4n[nH]c5ccc(-c6cncc(CN7CCCC7)c6)c(F)c45)nc23)s1. The lowest BCUT2D eigenvalue weighted by Crippen LogP contribution is -2.18. The summed E-state index contributed by atoms with van der Waals surface area (Å²) in [6.07, 6.45) is 7.61. The van der Waals surface area contributed by atoms with Gasteiger partial charge in [0.15, 0.2) is 11.0 Å². The predicted molar refractivity (Wildman–Crippen MR) is 140 cm³/mol. The van der Waals surface area contributed by atoms with Crippen molar-refractivity contribution in [1.29, 1.82) is 0 Å². The second-order valence-electron chi connectivity index (χ2n) is 9.23. The molecule has 5 aromatic heterocycles. The van der Waals surface area contributed by atoms with E-state index in [1.165, 1.54) is 18.9 Å². The summed E-state index contributed by atoms with van der Waals surface area (Å²) in [7, 11) is 0. The number of nitrogens with zero attached hydrogens (tertiary/aromatic N) is 5. The van der Waals surface area contributed by atoms with Gasteiger partial charge in [0.05, 0.1) is 21.3 Å². The number of nitrogens with one attached hydrogen (secondary N) is 2. The first-order valence-electron chi connectivity index (χ1n) is 12.1. The molecule has 1 aliphatic rings. The van der Waals surface area contributed by atoms with Crippen molar-refractivity contribution in [3.63, 3.8) is 0 Å². The van der Waals surface area contributed by atoms with Gasteiger partial charge in [0, 0.05) is 36.3 Å². The monoisotopic (exact) mass is 513 g/mol. The lowest BCUT2D eigenvalue weighted by Gasteiger charge is -2.15. The molecule has 0 unspecified atom stereocenters. The Kier molecular flexibility index (Phi) is 5.29. The van der Waals surface area contributed by atoms with Crippen molar-refractivity contribution in [2.45, 2.75) is 19.4 Å². The molecule has 0 spiro atoms. The molecular weight excluding hydrogens is 492 g/mol. The quantitative estimate of drug-likeness (QED) is 0.288. The first kappa shape index (κ1) is 22.2. The van der Waals surface area contributed by atoms with E-state index in [0.29, 0.717) is 49.6 Å². The van der Waals surface area contributed by atoms with Crippen LogP contribution in [0.3, 0.4) is 0 Å². The number of fused-ring (bicyclic) bond motifs is 2. The van der Waals surface area contributed by atoms with Crippen molar-refractivity contribution < 1.29 is 8.78 Å². The first-order chi connectivity index (χ1) is 18.1. The molecule has 0 saturated carbocycles. The number of H-pyrrole nitrogens is 2. The van der Waals surface area contributed by atoms with Gasteiger partial charge in [0.25, 0.3) is 0 Å². The van der Waals surface area contributed by atoms with E-state index in [0.717, 1.165) is 42.1 Å². The number of aromatic nitrogens is 6. The van der Waals surface area contributed by atoms with Crippen molar-refractivity contribution in [2.75, 3.05) is 13.1 Å². The van der Waals surface area contributed by atoms with Crippen LogP contribution in [0.1, 0.15) is 18.4 Å². The molecule has 0 amide bonds. The highest BCUT2D eigenvalue weighted by Crippen LogP contribution is 2.36. The maximum absolute atomic E-state index is 16.1. The Labute approximate surface area is 214 Å². The zero-order valence-electron chi connectivity index (χ0n) is 19.6. The molecule has 0 bridgehead atoms. The number of aromatic amines is 2. The van der Waals surface area contributed by atoms with Gasteiger partial charge >= 0.3 is 0 Å². The number of hydrogen-bond acceptors (Lipinski definition) is 6. The fraction of sp³-hybridized carbons (Fsp3) is 0.185. The molecule has 1 aromatic carbocycles. The van der Waals surface area contributed by atoms with E-state index >= 15 is 4.39 Å². The van der Waals surface area contributed by atoms with Crippen LogP contribution in [0.4, 0.5) is 8.78 Å². The van der Waals surface area contributed by atoms with E-state index in [-0.39, 0.29) is 10.9 Å². The molecule has 0 radical (unpaired) electrons. The molecule has 0 aliphatic carbocycles. The van der Waals surface area contributed by atoms with Gasteiger partial charge < -0.3 is 4.98 Å². The second kappa shape index (κ2) is 8.82. The van der Waals surface area contributed by atoms with E-state index in [4.69, 9.17) is 4.98 Å². The van der Waals surface area contributed by atoms with Crippen LogP contribution in [0.5, 0.6) is 0 Å². The molecule has 37 heavy (non-hydrogen) atoms. The highest BCUT2D eigenvalue weighted by Gasteiger charge is 2.21. The first-order valence-corrected chi connectivity index (χ1v) is 12.9. The van der Waals surface area contributed by atoms with Crippen LogP contribution in [0.2, 0.25) is 0 Å². The van der Waals surface area contributed by atoms with Crippen molar-refractivity contribution in [3.8, 4) is 33.2 Å². The van der Waals surface area contributed by atoms with Gasteiger partial charge in [0.2, 0.25) is 0 Å². The third kappa shape index (κ3) is 3.89. The smallest absolute Gasteiger partial charge is 0.177 e. The molecule has 10 heteroatoms. The lowest BCUT2D eigenvalue weighted by molar-refractivity contribution is 0.331. The summed E-state index contributed by atoms with van der Waals surface area (Å²) < 4.78 is 29.7. The minimum atomic E-state index is -0.388. The zero-order valence-corrected chi connectivity index (χ0v) is 20.4. The number of hydrogen-bond donors (Lipinski definition) is 2. The van der Waals surface area contributed by atoms with Crippen molar-refractivity contribution in [3.05, 3.63) is 71.5 Å². The van der Waals surface area contributed by atoms with Gasteiger partial charge in [-0.2, -0.15) is 9.49 Å². The summed E-state index contributed by atoms with van der Waals surface area (Å²) in [4.78, 5) is 19.8. The van der Waals surface area contributed by atoms with Crippen molar-refractivity contribution in [2.24, 2.45) is 0 Å². The molecule has 7 nitrogen and oxygen atoms in total. The molecule has 0 atom stereocenters. The van der Waals surface area contributed by atoms with Crippen LogP contribution < -0.4 is 0 Å². The number of rotatable bonds is 5. The number of benzene rings is 1. The Morgan fingerprint density at radius 2 is 1.86 bits per heavy atom. The molecule has 1 fully saturated rings. The molecule has 184 valence electrons. The van der Waals surface area contributed by atoms with Gasteiger partial charge in [-0.3, -0.25) is 20.0 Å². The Morgan fingerprint density at radius 1 is 0.973 bits per heavy atom. The summed E-state index contributed by atoms with van der Waals surface area (Å²) in [5.41, 5.74) is 5.03. The zero-order chi connectivity index (χ0) is 24.9. The van der Waals surface area contributed by atoms with Crippen molar-refractivity contribution >= 4 is 33.3 Å². The predicted octanol–water partition coefficient (Wildman–Crippen LogP) is 6.17. The van der Waals surface area contributed by atoms with Gasteiger partial charge in [-0.05, 0) is 67.9 Å². The third-order valence-electron chi connectivity index (χ3n) is 6.81. The Bertz CT molecular complexity index is 1760. The molecule has 6 heterocycles. The summed E-state index contributed by atoms with van der Waals surface area (Å²) >= 11 is 1.00. The van der Waals surface area contributed by atoms with E-state index in [1.807, 2.05) is 18.3 Å². The second-order valence-corrected chi connectivity index (χ2v) is 10.3. The van der Waals surface area contributed by atoms with Crippen LogP contribution in [0.15, 0.2) is 55.0 Å². The third-order valence-corrected chi connectivity index (χ3v) is 7.69. The maximum atomic E-state index is 16.1. The number of imidazole rings is 1. The van der Waals surface area contributed by atoms with Gasteiger partial charge in [0.1, 0.15) is 22.7 Å². The summed E-state index contributed by atoms with van der Waals surface area (Å²) in [6, 6.07) is 10.4. The molecule has 1 aliphatic heterocycles. The van der Waals surface area contributed by atoms with Gasteiger partial charge in [-0.1, -0.05) is 0 Å². The lowest BCUT2D eigenvalue weighted by atomic mass is 10.0. The number of likely N-dealkylation sites (tertiary alicyclic amines) is 1. The van der Waals surface area contributed by atoms with Crippen molar-refractivity contribution in [1.82, 2.24) is 35.0 Å². The Hall–Kier alpha value is -4.02. The van der Waals surface area contributed by atoms with Gasteiger partial charge in [-0.15, -0.1) is 11.3 Å². The molecule has 7 rings (SSSR count). The summed E-state index contributed by atoms with van der Waals surface area (Å²) in [5, 5.41) is 7.37. The highest BCUT2D eigenvalue weighted by atomic mass is 32.1. The fourth-order valence-electron chi connectivity index (χ4n) is 5.06. The van der Waals surface area contributed by atoms with Gasteiger partial charge in [-0.25, -0.2) is 9.37 Å². The molecule has 6 aromatic rings. The highest BCUT2D eigenvalue weighted by molar-refractivity contribution is 7.13. The fourth-order valence-corrected chi connectivity index (χ4v) is 5.79. The van der Waals surface area contributed by atoms with Crippen LogP contribution in [-0.2, 0) is 6.54 Å². The Balaban J connectivity index is 1.31.